The van der Waals surface area contributed by atoms with Gasteiger partial charge in [-0.05, 0) is 60.0 Å². The Bertz CT molecular complexity index is 1510. The van der Waals surface area contributed by atoms with Gasteiger partial charge in [0.05, 0.1) is 11.0 Å². The molecule has 200 valence electrons. The summed E-state index contributed by atoms with van der Waals surface area (Å²) in [7, 11) is 1.79. The molecule has 2 aromatic carbocycles. The van der Waals surface area contributed by atoms with Crippen molar-refractivity contribution in [3.8, 4) is 5.75 Å². The molecule has 0 fully saturated rings. The van der Waals surface area contributed by atoms with Crippen LogP contribution in [0.2, 0.25) is 0 Å². The van der Waals surface area contributed by atoms with Crippen molar-refractivity contribution in [1.82, 2.24) is 19.4 Å². The molecular formula is C29H31Cl3N4O2. The molecule has 0 radical (unpaired) electrons. The van der Waals surface area contributed by atoms with E-state index in [1.807, 2.05) is 48.8 Å². The zero-order chi connectivity index (χ0) is 24.0. The molecule has 0 amide bonds. The lowest BCUT2D eigenvalue weighted by molar-refractivity contribution is 0.205. The lowest BCUT2D eigenvalue weighted by Crippen LogP contribution is -2.30. The summed E-state index contributed by atoms with van der Waals surface area (Å²) >= 11 is 0. The first-order chi connectivity index (χ1) is 17.2. The highest BCUT2D eigenvalue weighted by Gasteiger charge is 2.11. The van der Waals surface area contributed by atoms with Crippen LogP contribution >= 0.6 is 37.2 Å². The number of nitrogens with zero attached hydrogens (tertiary/aromatic N) is 4. The summed E-state index contributed by atoms with van der Waals surface area (Å²) in [5.74, 6) is 0.803. The van der Waals surface area contributed by atoms with Crippen LogP contribution < -0.4 is 10.3 Å². The number of para-hydroxylation sites is 1. The topological polar surface area (TPSA) is 60.2 Å². The number of hydrogen-bond donors (Lipinski definition) is 0. The molecule has 0 unspecified atom stereocenters. The van der Waals surface area contributed by atoms with Crippen molar-refractivity contribution in [2.24, 2.45) is 7.05 Å². The fourth-order valence-electron chi connectivity index (χ4n) is 4.38. The van der Waals surface area contributed by atoms with E-state index in [4.69, 9.17) is 4.74 Å². The Balaban J connectivity index is 0.00000169. The maximum atomic E-state index is 11.9. The Morgan fingerprint density at radius 1 is 0.895 bits per heavy atom. The number of ether oxygens (including phenoxy) is 1. The highest BCUT2D eigenvalue weighted by atomic mass is 35.5. The highest BCUT2D eigenvalue weighted by molar-refractivity contribution is 5.86. The predicted octanol–water partition coefficient (Wildman–Crippen LogP) is 5.87. The molecule has 0 aliphatic heterocycles. The van der Waals surface area contributed by atoms with Crippen LogP contribution in [0.5, 0.6) is 5.75 Å². The van der Waals surface area contributed by atoms with Gasteiger partial charge in [-0.15, -0.1) is 37.2 Å². The van der Waals surface area contributed by atoms with Crippen LogP contribution in [0.3, 0.4) is 0 Å². The lowest BCUT2D eigenvalue weighted by Gasteiger charge is -2.23. The first-order valence-electron chi connectivity index (χ1n) is 11.8. The minimum absolute atomic E-state index is 0. The molecule has 0 bridgehead atoms. The third-order valence-corrected chi connectivity index (χ3v) is 6.35. The maximum Gasteiger partial charge on any atom is 0.250 e. The van der Waals surface area contributed by atoms with Crippen LogP contribution in [0.15, 0.2) is 96.2 Å². The number of benzene rings is 2. The zero-order valence-electron chi connectivity index (χ0n) is 21.0. The standard InChI is InChI=1S/C29H28N4O2.3ClH/c1-32-28-10-9-25(19-23(28)8-11-29(32)34)35-18-17-33(16-13-22-5-4-14-30-20-22)21-24-12-15-31-27-7-3-2-6-26(24)27;;;/h2-12,14-15,19-20H,13,16-18,21H2,1H3;3*1H. The summed E-state index contributed by atoms with van der Waals surface area (Å²) < 4.78 is 7.79. The largest absolute Gasteiger partial charge is 0.492 e. The molecule has 0 spiro atoms. The van der Waals surface area contributed by atoms with E-state index in [1.165, 1.54) is 16.5 Å². The van der Waals surface area contributed by atoms with E-state index in [-0.39, 0.29) is 42.8 Å². The Morgan fingerprint density at radius 2 is 1.74 bits per heavy atom. The molecule has 0 aliphatic rings. The lowest BCUT2D eigenvalue weighted by atomic mass is 10.1. The number of rotatable bonds is 9. The van der Waals surface area contributed by atoms with Gasteiger partial charge in [0, 0.05) is 62.1 Å². The molecule has 3 heterocycles. The number of pyridine rings is 3. The van der Waals surface area contributed by atoms with Crippen molar-refractivity contribution in [3.05, 3.63) is 113 Å². The Hall–Kier alpha value is -3.16. The van der Waals surface area contributed by atoms with E-state index in [0.29, 0.717) is 6.61 Å². The Kier molecular flexibility index (Phi) is 12.0. The van der Waals surface area contributed by atoms with Gasteiger partial charge in [0.2, 0.25) is 0 Å². The van der Waals surface area contributed by atoms with Crippen LogP contribution in [0.25, 0.3) is 21.8 Å². The minimum Gasteiger partial charge on any atom is -0.492 e. The van der Waals surface area contributed by atoms with Gasteiger partial charge in [0.1, 0.15) is 12.4 Å². The van der Waals surface area contributed by atoms with Gasteiger partial charge in [-0.3, -0.25) is 19.7 Å². The average molecular weight is 574 g/mol. The van der Waals surface area contributed by atoms with E-state index >= 15 is 0 Å². The average Bonchev–Trinajstić information content (AvgIpc) is 2.90. The summed E-state index contributed by atoms with van der Waals surface area (Å²) in [6.45, 7) is 3.05. The maximum absolute atomic E-state index is 11.9. The quantitative estimate of drug-likeness (QED) is 0.221. The number of hydrogen-bond acceptors (Lipinski definition) is 5. The SMILES string of the molecule is Cl.Cl.Cl.Cn1c(=O)ccc2cc(OCCN(CCc3cccnc3)Cc3ccnc4ccccc34)ccc21. The van der Waals surface area contributed by atoms with Gasteiger partial charge in [-0.1, -0.05) is 24.3 Å². The summed E-state index contributed by atoms with van der Waals surface area (Å²) in [5.41, 5.74) is 4.37. The van der Waals surface area contributed by atoms with Gasteiger partial charge in [-0.25, -0.2) is 0 Å². The van der Waals surface area contributed by atoms with Gasteiger partial charge >= 0.3 is 0 Å². The van der Waals surface area contributed by atoms with Crippen LogP contribution in [0, 0.1) is 0 Å². The number of aromatic nitrogens is 3. The van der Waals surface area contributed by atoms with E-state index in [2.05, 4.69) is 45.2 Å². The molecule has 5 rings (SSSR count). The molecule has 0 N–H and O–H groups in total. The number of aryl methyl sites for hydroxylation is 1. The Labute approximate surface area is 240 Å². The summed E-state index contributed by atoms with van der Waals surface area (Å²) in [4.78, 5) is 23.1. The normalized spacial score (nSPS) is 10.5. The van der Waals surface area contributed by atoms with Crippen molar-refractivity contribution in [2.45, 2.75) is 13.0 Å². The molecule has 38 heavy (non-hydrogen) atoms. The first-order valence-corrected chi connectivity index (χ1v) is 11.8. The second-order valence-corrected chi connectivity index (χ2v) is 8.67. The number of fused-ring (bicyclic) bond motifs is 2. The van der Waals surface area contributed by atoms with Crippen molar-refractivity contribution in [1.29, 1.82) is 0 Å². The molecular weight excluding hydrogens is 543 g/mol. The van der Waals surface area contributed by atoms with Gasteiger partial charge in [0.15, 0.2) is 0 Å². The van der Waals surface area contributed by atoms with Crippen molar-refractivity contribution < 1.29 is 4.74 Å². The van der Waals surface area contributed by atoms with Crippen LogP contribution in [-0.2, 0) is 20.0 Å². The second-order valence-electron chi connectivity index (χ2n) is 8.67. The molecule has 5 aromatic rings. The fourth-order valence-corrected chi connectivity index (χ4v) is 4.38. The van der Waals surface area contributed by atoms with Gasteiger partial charge < -0.3 is 9.30 Å². The third-order valence-electron chi connectivity index (χ3n) is 6.35. The van der Waals surface area contributed by atoms with E-state index in [0.717, 1.165) is 48.2 Å². The molecule has 6 nitrogen and oxygen atoms in total. The predicted molar refractivity (Wildman–Crippen MR) is 161 cm³/mol. The number of halogens is 3. The van der Waals surface area contributed by atoms with E-state index in [9.17, 15) is 4.79 Å². The molecule has 0 aliphatic carbocycles. The molecule has 0 atom stereocenters. The van der Waals surface area contributed by atoms with Gasteiger partial charge in [-0.2, -0.15) is 0 Å². The van der Waals surface area contributed by atoms with E-state index in [1.54, 1.807) is 23.9 Å². The molecule has 3 aromatic heterocycles. The summed E-state index contributed by atoms with van der Waals surface area (Å²) in [5, 5.41) is 2.17. The monoisotopic (exact) mass is 572 g/mol. The minimum atomic E-state index is -0.0148. The van der Waals surface area contributed by atoms with Crippen LogP contribution in [0.1, 0.15) is 11.1 Å². The van der Waals surface area contributed by atoms with E-state index < -0.39 is 0 Å². The van der Waals surface area contributed by atoms with Crippen molar-refractivity contribution in [2.75, 3.05) is 19.7 Å². The Morgan fingerprint density at radius 3 is 2.55 bits per heavy atom. The molecule has 9 heteroatoms. The van der Waals surface area contributed by atoms with Crippen molar-refractivity contribution >= 4 is 59.0 Å². The molecule has 0 saturated heterocycles. The zero-order valence-corrected chi connectivity index (χ0v) is 23.5. The summed E-state index contributed by atoms with van der Waals surface area (Å²) in [6.07, 6.45) is 6.54. The second kappa shape index (κ2) is 14.7. The fraction of sp³-hybridized carbons (Fsp3) is 0.207. The smallest absolute Gasteiger partial charge is 0.250 e. The highest BCUT2D eigenvalue weighted by Crippen LogP contribution is 2.20. The van der Waals surface area contributed by atoms with Crippen molar-refractivity contribution in [3.63, 3.8) is 0 Å². The van der Waals surface area contributed by atoms with Gasteiger partial charge in [0.25, 0.3) is 5.56 Å². The first kappa shape index (κ1) is 31.1. The van der Waals surface area contributed by atoms with Crippen LogP contribution in [-0.4, -0.2) is 39.1 Å². The molecule has 0 saturated carbocycles. The summed E-state index contributed by atoms with van der Waals surface area (Å²) in [6, 6.07) is 23.8. The third kappa shape index (κ3) is 7.45. The van der Waals surface area contributed by atoms with Crippen LogP contribution in [0.4, 0.5) is 0 Å².